The largest absolute Gasteiger partial charge is 0.441 e. The average molecular weight is 222 g/mol. The maximum absolute atomic E-state index is 11.5. The van der Waals surface area contributed by atoms with Crippen molar-refractivity contribution in [2.24, 2.45) is 7.05 Å². The fraction of sp³-hybridized carbons (Fsp3) is 0.500. The van der Waals surface area contributed by atoms with Crippen LogP contribution in [0.15, 0.2) is 21.7 Å². The molecule has 0 aromatic carbocycles. The molecule has 0 atom stereocenters. The molecule has 0 aliphatic carbocycles. The molecule has 0 N–H and O–H groups in total. The summed E-state index contributed by atoms with van der Waals surface area (Å²) in [6.07, 6.45) is 3.59. The van der Waals surface area contributed by atoms with Crippen LogP contribution in [0.25, 0.3) is 0 Å². The lowest BCUT2D eigenvalue weighted by Gasteiger charge is -2.04. The van der Waals surface area contributed by atoms with Gasteiger partial charge < -0.3 is 0 Å². The smallest absolute Gasteiger partial charge is 0.296 e. The number of hydrogen-bond acceptors (Lipinski definition) is 4. The first-order chi connectivity index (χ1) is 7.58. The lowest BCUT2D eigenvalue weighted by Crippen LogP contribution is -2.18. The predicted octanol–water partition coefficient (Wildman–Crippen LogP) is 0.741. The van der Waals surface area contributed by atoms with Gasteiger partial charge in [-0.1, -0.05) is 19.0 Å². The molecule has 0 saturated heterocycles. The van der Waals surface area contributed by atoms with Gasteiger partial charge in [0.1, 0.15) is 0 Å². The van der Waals surface area contributed by atoms with Crippen molar-refractivity contribution < 1.29 is 4.52 Å². The van der Waals surface area contributed by atoms with Gasteiger partial charge in [-0.2, -0.15) is 5.10 Å². The monoisotopic (exact) mass is 222 g/mol. The number of hydrogen-bond donors (Lipinski definition) is 0. The van der Waals surface area contributed by atoms with E-state index < -0.39 is 5.76 Å². The molecular weight excluding hydrogens is 208 g/mol. The van der Waals surface area contributed by atoms with Gasteiger partial charge in [-0.3, -0.25) is 13.8 Å². The molecule has 86 valence electrons. The molecule has 0 aliphatic heterocycles. The van der Waals surface area contributed by atoms with Crippen LogP contribution in [-0.4, -0.2) is 19.5 Å². The molecule has 6 heteroatoms. The van der Waals surface area contributed by atoms with E-state index in [1.54, 1.807) is 10.9 Å². The third-order valence-corrected chi connectivity index (χ3v) is 2.33. The Morgan fingerprint density at radius 3 is 2.81 bits per heavy atom. The van der Waals surface area contributed by atoms with Gasteiger partial charge in [-0.25, -0.2) is 4.79 Å². The lowest BCUT2D eigenvalue weighted by molar-refractivity contribution is 0.373. The Balaban J connectivity index is 2.33. The zero-order chi connectivity index (χ0) is 11.7. The SMILES string of the molecule is CC(C)c1noc(=O)n1Cc1cnn(C)c1. The van der Waals surface area contributed by atoms with Gasteiger partial charge in [-0.05, 0) is 0 Å². The Labute approximate surface area is 92.5 Å². The molecule has 0 fully saturated rings. The molecule has 6 nitrogen and oxygen atoms in total. The summed E-state index contributed by atoms with van der Waals surface area (Å²) in [6, 6.07) is 0. The van der Waals surface area contributed by atoms with Crippen molar-refractivity contribution in [2.45, 2.75) is 26.3 Å². The summed E-state index contributed by atoms with van der Waals surface area (Å²) in [4.78, 5) is 11.5. The molecule has 2 aromatic heterocycles. The molecule has 0 radical (unpaired) electrons. The van der Waals surface area contributed by atoms with Crippen LogP contribution in [0.3, 0.4) is 0 Å². The highest BCUT2D eigenvalue weighted by molar-refractivity contribution is 5.06. The molecular formula is C10H14N4O2. The van der Waals surface area contributed by atoms with E-state index in [0.29, 0.717) is 12.4 Å². The van der Waals surface area contributed by atoms with Crippen LogP contribution in [0.1, 0.15) is 31.2 Å². The second kappa shape index (κ2) is 3.96. The van der Waals surface area contributed by atoms with Crippen LogP contribution >= 0.6 is 0 Å². The summed E-state index contributed by atoms with van der Waals surface area (Å²) in [5.41, 5.74) is 0.953. The summed E-state index contributed by atoms with van der Waals surface area (Å²) >= 11 is 0. The molecule has 0 bridgehead atoms. The van der Waals surface area contributed by atoms with Gasteiger partial charge in [0.25, 0.3) is 0 Å². The van der Waals surface area contributed by atoms with Crippen molar-refractivity contribution in [2.75, 3.05) is 0 Å². The molecule has 2 heterocycles. The van der Waals surface area contributed by atoms with E-state index in [0.717, 1.165) is 5.56 Å². The highest BCUT2D eigenvalue weighted by Crippen LogP contribution is 2.11. The topological polar surface area (TPSA) is 65.8 Å². The zero-order valence-corrected chi connectivity index (χ0v) is 9.54. The van der Waals surface area contributed by atoms with E-state index in [-0.39, 0.29) is 5.92 Å². The van der Waals surface area contributed by atoms with E-state index in [4.69, 9.17) is 0 Å². The van der Waals surface area contributed by atoms with Crippen molar-refractivity contribution in [3.05, 3.63) is 34.3 Å². The quantitative estimate of drug-likeness (QED) is 0.768. The summed E-state index contributed by atoms with van der Waals surface area (Å²) in [5, 5.41) is 7.82. The molecule has 0 saturated carbocycles. The Morgan fingerprint density at radius 2 is 2.25 bits per heavy atom. The lowest BCUT2D eigenvalue weighted by atomic mass is 10.2. The van der Waals surface area contributed by atoms with Crippen LogP contribution in [0.5, 0.6) is 0 Å². The Morgan fingerprint density at radius 1 is 1.50 bits per heavy atom. The highest BCUT2D eigenvalue weighted by atomic mass is 16.5. The minimum atomic E-state index is -0.424. The summed E-state index contributed by atoms with van der Waals surface area (Å²) in [6.45, 7) is 4.39. The first-order valence-electron chi connectivity index (χ1n) is 5.12. The van der Waals surface area contributed by atoms with Crippen molar-refractivity contribution in [1.29, 1.82) is 0 Å². The summed E-state index contributed by atoms with van der Waals surface area (Å²) in [5.74, 6) is 0.393. The average Bonchev–Trinajstić information content (AvgIpc) is 2.76. The minimum absolute atomic E-state index is 0.156. The van der Waals surface area contributed by atoms with Crippen molar-refractivity contribution in [3.63, 3.8) is 0 Å². The Bertz CT molecular complexity index is 535. The van der Waals surface area contributed by atoms with Crippen LogP contribution in [0, 0.1) is 0 Å². The number of aryl methyl sites for hydroxylation is 1. The molecule has 0 amide bonds. The van der Waals surface area contributed by atoms with Crippen LogP contribution < -0.4 is 5.76 Å². The van der Waals surface area contributed by atoms with Gasteiger partial charge in [0.2, 0.25) is 0 Å². The van der Waals surface area contributed by atoms with Crippen LogP contribution in [-0.2, 0) is 13.6 Å². The van der Waals surface area contributed by atoms with Crippen LogP contribution in [0.4, 0.5) is 0 Å². The minimum Gasteiger partial charge on any atom is -0.296 e. The normalized spacial score (nSPS) is 11.2. The molecule has 2 rings (SSSR count). The second-order valence-corrected chi connectivity index (χ2v) is 4.07. The number of aromatic nitrogens is 4. The maximum Gasteiger partial charge on any atom is 0.441 e. The van der Waals surface area contributed by atoms with Crippen molar-refractivity contribution >= 4 is 0 Å². The fourth-order valence-corrected chi connectivity index (χ4v) is 1.58. The molecule has 0 unspecified atom stereocenters. The van der Waals surface area contributed by atoms with E-state index in [2.05, 4.69) is 14.8 Å². The Kier molecular flexibility index (Phi) is 2.64. The Hall–Kier alpha value is -1.85. The van der Waals surface area contributed by atoms with E-state index in [1.807, 2.05) is 27.1 Å². The predicted molar refractivity (Wildman–Crippen MR) is 57.2 cm³/mol. The van der Waals surface area contributed by atoms with E-state index >= 15 is 0 Å². The first kappa shape index (κ1) is 10.7. The molecule has 0 spiro atoms. The number of nitrogens with zero attached hydrogens (tertiary/aromatic N) is 4. The third kappa shape index (κ3) is 1.91. The highest BCUT2D eigenvalue weighted by Gasteiger charge is 2.14. The van der Waals surface area contributed by atoms with Crippen molar-refractivity contribution in [3.8, 4) is 0 Å². The van der Waals surface area contributed by atoms with Gasteiger partial charge in [-0.15, -0.1) is 0 Å². The second-order valence-electron chi connectivity index (χ2n) is 4.07. The van der Waals surface area contributed by atoms with Gasteiger partial charge >= 0.3 is 5.76 Å². The third-order valence-electron chi connectivity index (χ3n) is 2.33. The zero-order valence-electron chi connectivity index (χ0n) is 9.54. The molecule has 2 aromatic rings. The van der Waals surface area contributed by atoms with Gasteiger partial charge in [0, 0.05) is 24.7 Å². The van der Waals surface area contributed by atoms with Gasteiger partial charge in [0.05, 0.1) is 12.7 Å². The number of rotatable bonds is 3. The summed E-state index contributed by atoms with van der Waals surface area (Å²) < 4.78 is 7.89. The van der Waals surface area contributed by atoms with E-state index in [9.17, 15) is 4.79 Å². The van der Waals surface area contributed by atoms with Crippen molar-refractivity contribution in [1.82, 2.24) is 19.5 Å². The fourth-order valence-electron chi connectivity index (χ4n) is 1.58. The summed E-state index contributed by atoms with van der Waals surface area (Å²) in [7, 11) is 1.84. The van der Waals surface area contributed by atoms with E-state index in [1.165, 1.54) is 4.57 Å². The van der Waals surface area contributed by atoms with Gasteiger partial charge in [0.15, 0.2) is 5.82 Å². The standard InChI is InChI=1S/C10H14N4O2/c1-7(2)9-12-16-10(15)14(9)6-8-4-11-13(3)5-8/h4-5,7H,6H2,1-3H3. The first-order valence-corrected chi connectivity index (χ1v) is 5.12. The molecule has 16 heavy (non-hydrogen) atoms. The molecule has 0 aliphatic rings. The van der Waals surface area contributed by atoms with Crippen LogP contribution in [0.2, 0.25) is 0 Å². The maximum atomic E-state index is 11.5.